The predicted octanol–water partition coefficient (Wildman–Crippen LogP) is 2.36. The van der Waals surface area contributed by atoms with Crippen LogP contribution >= 0.6 is 0 Å². The summed E-state index contributed by atoms with van der Waals surface area (Å²) in [5.41, 5.74) is 0.784. The van der Waals surface area contributed by atoms with E-state index in [9.17, 15) is 18.4 Å². The quantitative estimate of drug-likeness (QED) is 0.835. The van der Waals surface area contributed by atoms with Crippen molar-refractivity contribution in [2.45, 2.75) is 13.0 Å². The molecule has 6 nitrogen and oxygen atoms in total. The summed E-state index contributed by atoms with van der Waals surface area (Å²) in [5, 5.41) is 2.72. The molecule has 0 aliphatic carbocycles. The summed E-state index contributed by atoms with van der Waals surface area (Å²) in [7, 11) is 0. The molecule has 2 heterocycles. The lowest BCUT2D eigenvalue weighted by atomic mass is 10.1. The van der Waals surface area contributed by atoms with Gasteiger partial charge in [-0.15, -0.1) is 0 Å². The largest absolute Gasteiger partial charge is 0.454 e. The van der Waals surface area contributed by atoms with Crippen molar-refractivity contribution in [3.63, 3.8) is 0 Å². The minimum Gasteiger partial charge on any atom is -0.454 e. The average molecular weight is 374 g/mol. The second-order valence-corrected chi connectivity index (χ2v) is 6.33. The number of carbonyl (C=O) groups is 2. The highest BCUT2D eigenvalue weighted by Crippen LogP contribution is 2.32. The summed E-state index contributed by atoms with van der Waals surface area (Å²) >= 11 is 0. The van der Waals surface area contributed by atoms with Crippen LogP contribution in [0.2, 0.25) is 0 Å². The fourth-order valence-corrected chi connectivity index (χ4v) is 3.23. The van der Waals surface area contributed by atoms with Gasteiger partial charge in [0.2, 0.25) is 18.6 Å². The zero-order valence-corrected chi connectivity index (χ0v) is 14.2. The Hall–Kier alpha value is -3.16. The number of rotatable bonds is 4. The number of amides is 2. The first-order valence-corrected chi connectivity index (χ1v) is 8.45. The van der Waals surface area contributed by atoms with E-state index in [1.54, 1.807) is 18.2 Å². The molecular formula is C19H16F2N2O4. The Balaban J connectivity index is 1.40. The number of carbonyl (C=O) groups excluding carboxylic acids is 2. The number of benzene rings is 2. The van der Waals surface area contributed by atoms with E-state index < -0.39 is 29.4 Å². The summed E-state index contributed by atoms with van der Waals surface area (Å²) in [6.07, 6.45) is 0.266. The zero-order chi connectivity index (χ0) is 19.0. The lowest BCUT2D eigenvalue weighted by molar-refractivity contribution is -0.132. The first kappa shape index (κ1) is 17.3. The van der Waals surface area contributed by atoms with Crippen molar-refractivity contribution >= 4 is 17.5 Å². The maximum Gasteiger partial charge on any atom is 0.239 e. The second kappa shape index (κ2) is 6.86. The molecule has 0 radical (unpaired) electrons. The highest BCUT2D eigenvalue weighted by Gasteiger charge is 2.38. The summed E-state index contributed by atoms with van der Waals surface area (Å²) in [6.45, 7) is 0.588. The third-order valence-electron chi connectivity index (χ3n) is 4.63. The topological polar surface area (TPSA) is 67.9 Å². The van der Waals surface area contributed by atoms with Crippen molar-refractivity contribution in [3.8, 4) is 11.5 Å². The van der Waals surface area contributed by atoms with Crippen LogP contribution in [0.25, 0.3) is 0 Å². The van der Waals surface area contributed by atoms with Gasteiger partial charge in [-0.1, -0.05) is 6.07 Å². The minimum atomic E-state index is -0.900. The van der Waals surface area contributed by atoms with E-state index in [1.807, 2.05) is 0 Å². The van der Waals surface area contributed by atoms with Crippen LogP contribution in [0.5, 0.6) is 11.5 Å². The molecule has 1 atom stereocenters. The summed E-state index contributed by atoms with van der Waals surface area (Å²) in [5.74, 6) is -2.12. The number of halogens is 2. The fraction of sp³-hybridized carbons (Fsp3) is 0.263. The van der Waals surface area contributed by atoms with Crippen LogP contribution in [0, 0.1) is 17.6 Å². The smallest absolute Gasteiger partial charge is 0.239 e. The van der Waals surface area contributed by atoms with Crippen molar-refractivity contribution in [2.75, 3.05) is 18.2 Å². The van der Waals surface area contributed by atoms with E-state index >= 15 is 0 Å². The van der Waals surface area contributed by atoms with Gasteiger partial charge in [0, 0.05) is 19.2 Å². The minimum absolute atomic E-state index is 0.0209. The van der Waals surface area contributed by atoms with Gasteiger partial charge < -0.3 is 19.7 Å². The summed E-state index contributed by atoms with van der Waals surface area (Å²) < 4.78 is 37.5. The number of hydrogen-bond acceptors (Lipinski definition) is 4. The molecule has 2 amide bonds. The molecule has 0 unspecified atom stereocenters. The number of anilines is 1. The van der Waals surface area contributed by atoms with Crippen molar-refractivity contribution in [3.05, 3.63) is 53.6 Å². The maximum atomic E-state index is 13.9. The average Bonchev–Trinajstić information content (AvgIpc) is 3.26. The Morgan fingerprint density at radius 1 is 1.15 bits per heavy atom. The van der Waals surface area contributed by atoms with Crippen molar-refractivity contribution in [1.29, 1.82) is 0 Å². The molecule has 2 aliphatic heterocycles. The Morgan fingerprint density at radius 2 is 1.96 bits per heavy atom. The standard InChI is InChI=1S/C19H16F2N2O4/c20-12-2-3-15(14(21)8-12)23-6-5-13(19(23)25)18(24)22-9-11-1-4-16-17(7-11)27-10-26-16/h1-4,7-8,13H,5-6,9-10H2,(H,22,24)/t13-/m1/s1. The Labute approximate surface area is 153 Å². The van der Waals surface area contributed by atoms with Gasteiger partial charge in [0.05, 0.1) is 5.69 Å². The van der Waals surface area contributed by atoms with Gasteiger partial charge in [-0.05, 0) is 36.2 Å². The van der Waals surface area contributed by atoms with Crippen LogP contribution in [0.4, 0.5) is 14.5 Å². The molecular weight excluding hydrogens is 358 g/mol. The highest BCUT2D eigenvalue weighted by atomic mass is 19.1. The number of fused-ring (bicyclic) bond motifs is 1. The molecule has 27 heavy (non-hydrogen) atoms. The van der Waals surface area contributed by atoms with E-state index in [0.29, 0.717) is 11.5 Å². The molecule has 0 spiro atoms. The molecule has 1 N–H and O–H groups in total. The van der Waals surface area contributed by atoms with E-state index in [0.717, 1.165) is 17.7 Å². The van der Waals surface area contributed by atoms with Gasteiger partial charge in [0.1, 0.15) is 17.6 Å². The molecule has 140 valence electrons. The van der Waals surface area contributed by atoms with Gasteiger partial charge in [0.15, 0.2) is 11.5 Å². The number of ether oxygens (including phenoxy) is 2. The number of nitrogens with one attached hydrogen (secondary N) is 1. The summed E-state index contributed by atoms with van der Waals surface area (Å²) in [4.78, 5) is 26.1. The molecule has 2 aliphatic rings. The first-order chi connectivity index (χ1) is 13.0. The normalized spacial score (nSPS) is 18.1. The van der Waals surface area contributed by atoms with Crippen LogP contribution in [0.3, 0.4) is 0 Å². The maximum absolute atomic E-state index is 13.9. The van der Waals surface area contributed by atoms with Crippen LogP contribution in [0.15, 0.2) is 36.4 Å². The Kier molecular flexibility index (Phi) is 4.39. The molecule has 0 saturated carbocycles. The van der Waals surface area contributed by atoms with Gasteiger partial charge in [-0.25, -0.2) is 8.78 Å². The van der Waals surface area contributed by atoms with Gasteiger partial charge in [-0.3, -0.25) is 9.59 Å². The lowest BCUT2D eigenvalue weighted by Gasteiger charge is -2.17. The first-order valence-electron chi connectivity index (χ1n) is 8.45. The van der Waals surface area contributed by atoms with Crippen LogP contribution in [-0.2, 0) is 16.1 Å². The van der Waals surface area contributed by atoms with E-state index in [-0.39, 0.29) is 32.0 Å². The van der Waals surface area contributed by atoms with Gasteiger partial charge in [-0.2, -0.15) is 0 Å². The van der Waals surface area contributed by atoms with E-state index in [1.165, 1.54) is 11.0 Å². The van der Waals surface area contributed by atoms with Crippen molar-refractivity contribution in [1.82, 2.24) is 5.32 Å². The van der Waals surface area contributed by atoms with Crippen LogP contribution < -0.4 is 19.7 Å². The van der Waals surface area contributed by atoms with Crippen molar-refractivity contribution in [2.24, 2.45) is 5.92 Å². The highest BCUT2D eigenvalue weighted by molar-refractivity contribution is 6.09. The van der Waals surface area contributed by atoms with E-state index in [4.69, 9.17) is 9.47 Å². The van der Waals surface area contributed by atoms with Crippen LogP contribution in [0.1, 0.15) is 12.0 Å². The lowest BCUT2D eigenvalue weighted by Crippen LogP contribution is -2.36. The molecule has 4 rings (SSSR count). The molecule has 0 bridgehead atoms. The Bertz CT molecular complexity index is 919. The van der Waals surface area contributed by atoms with E-state index in [2.05, 4.69) is 5.32 Å². The second-order valence-electron chi connectivity index (χ2n) is 6.33. The predicted molar refractivity (Wildman–Crippen MR) is 91.2 cm³/mol. The molecule has 0 aromatic heterocycles. The van der Waals surface area contributed by atoms with Crippen molar-refractivity contribution < 1.29 is 27.8 Å². The van der Waals surface area contributed by atoms with Crippen LogP contribution in [-0.4, -0.2) is 25.2 Å². The molecule has 2 aromatic carbocycles. The number of nitrogens with zero attached hydrogens (tertiary/aromatic N) is 1. The SMILES string of the molecule is O=C(NCc1ccc2c(c1)OCO2)[C@H]1CCN(c2ccc(F)cc2F)C1=O. The summed E-state index contributed by atoms with van der Waals surface area (Å²) in [6, 6.07) is 8.32. The monoisotopic (exact) mass is 374 g/mol. The molecule has 1 saturated heterocycles. The van der Waals surface area contributed by atoms with Gasteiger partial charge >= 0.3 is 0 Å². The number of hydrogen-bond donors (Lipinski definition) is 1. The molecule has 8 heteroatoms. The molecule has 1 fully saturated rings. The molecule has 2 aromatic rings. The fourth-order valence-electron chi connectivity index (χ4n) is 3.23. The Morgan fingerprint density at radius 3 is 2.78 bits per heavy atom. The zero-order valence-electron chi connectivity index (χ0n) is 14.2. The van der Waals surface area contributed by atoms with Gasteiger partial charge in [0.25, 0.3) is 0 Å². The third kappa shape index (κ3) is 3.30. The third-order valence-corrected chi connectivity index (χ3v) is 4.63.